The van der Waals surface area contributed by atoms with Crippen molar-refractivity contribution in [1.82, 2.24) is 0 Å². The van der Waals surface area contributed by atoms with E-state index in [1.807, 2.05) is 6.07 Å². The van der Waals surface area contributed by atoms with E-state index >= 15 is 0 Å². The summed E-state index contributed by atoms with van der Waals surface area (Å²) in [6, 6.07) is 10.4. The summed E-state index contributed by atoms with van der Waals surface area (Å²) in [7, 11) is 0. The molecule has 0 unspecified atom stereocenters. The SMILES string of the molecule is C(=C\c1ccccc1)/C[NH2+]C[C@@H]1CCCO1. The zero-order chi connectivity index (χ0) is 11.1. The molecule has 0 radical (unpaired) electrons. The van der Waals surface area contributed by atoms with Gasteiger partial charge < -0.3 is 10.1 Å². The topological polar surface area (TPSA) is 25.8 Å². The van der Waals surface area contributed by atoms with E-state index in [4.69, 9.17) is 4.74 Å². The lowest BCUT2D eigenvalue weighted by Gasteiger charge is -2.05. The first kappa shape index (κ1) is 11.4. The van der Waals surface area contributed by atoms with Gasteiger partial charge in [0.05, 0.1) is 6.54 Å². The Hall–Kier alpha value is -1.12. The first-order chi connectivity index (χ1) is 7.95. The van der Waals surface area contributed by atoms with Crippen molar-refractivity contribution in [3.05, 3.63) is 42.0 Å². The molecule has 0 aromatic heterocycles. The molecule has 1 atom stereocenters. The highest BCUT2D eigenvalue weighted by molar-refractivity contribution is 5.48. The molecule has 1 aliphatic rings. The van der Waals surface area contributed by atoms with Gasteiger partial charge in [-0.1, -0.05) is 36.4 Å². The van der Waals surface area contributed by atoms with E-state index < -0.39 is 0 Å². The lowest BCUT2D eigenvalue weighted by Crippen LogP contribution is -2.86. The van der Waals surface area contributed by atoms with Crippen molar-refractivity contribution in [2.75, 3.05) is 19.7 Å². The van der Waals surface area contributed by atoms with Gasteiger partial charge in [-0.05, 0) is 24.5 Å². The molecule has 1 aromatic carbocycles. The summed E-state index contributed by atoms with van der Waals surface area (Å²) in [5.41, 5.74) is 1.27. The minimum Gasteiger partial charge on any atom is -0.372 e. The Labute approximate surface area is 97.3 Å². The predicted octanol–water partition coefficient (Wildman–Crippen LogP) is 1.44. The van der Waals surface area contributed by atoms with Gasteiger partial charge in [0.1, 0.15) is 12.6 Å². The molecule has 0 amide bonds. The van der Waals surface area contributed by atoms with E-state index in [2.05, 4.69) is 41.7 Å². The third kappa shape index (κ3) is 3.80. The molecule has 0 saturated carbocycles. The molecular weight excluding hydrogens is 198 g/mol. The zero-order valence-corrected chi connectivity index (χ0v) is 9.64. The number of quaternary nitrogens is 1. The maximum absolute atomic E-state index is 5.56. The highest BCUT2D eigenvalue weighted by atomic mass is 16.5. The summed E-state index contributed by atoms with van der Waals surface area (Å²) >= 11 is 0. The largest absolute Gasteiger partial charge is 0.372 e. The molecule has 1 fully saturated rings. The van der Waals surface area contributed by atoms with E-state index in [1.165, 1.54) is 18.4 Å². The number of rotatable bonds is 5. The van der Waals surface area contributed by atoms with Crippen LogP contribution in [0.2, 0.25) is 0 Å². The monoisotopic (exact) mass is 218 g/mol. The maximum Gasteiger partial charge on any atom is 0.106 e. The lowest BCUT2D eigenvalue weighted by atomic mass is 10.2. The van der Waals surface area contributed by atoms with Crippen LogP contribution in [0, 0.1) is 0 Å². The van der Waals surface area contributed by atoms with Gasteiger partial charge in [-0.3, -0.25) is 0 Å². The van der Waals surface area contributed by atoms with Crippen LogP contribution in [-0.4, -0.2) is 25.8 Å². The Morgan fingerprint density at radius 2 is 2.19 bits per heavy atom. The van der Waals surface area contributed by atoms with Crippen LogP contribution in [0.3, 0.4) is 0 Å². The fourth-order valence-corrected chi connectivity index (χ4v) is 1.98. The van der Waals surface area contributed by atoms with Crippen LogP contribution >= 0.6 is 0 Å². The van der Waals surface area contributed by atoms with Gasteiger partial charge in [0, 0.05) is 6.61 Å². The molecular formula is C14H20NO+. The minimum absolute atomic E-state index is 0.491. The summed E-state index contributed by atoms with van der Waals surface area (Å²) in [6.45, 7) is 3.09. The van der Waals surface area contributed by atoms with Crippen LogP contribution in [0.1, 0.15) is 18.4 Å². The van der Waals surface area contributed by atoms with Crippen molar-refractivity contribution >= 4 is 6.08 Å². The summed E-state index contributed by atoms with van der Waals surface area (Å²) < 4.78 is 5.56. The van der Waals surface area contributed by atoms with Gasteiger partial charge in [-0.25, -0.2) is 0 Å². The molecule has 1 heterocycles. The number of hydrogen-bond acceptors (Lipinski definition) is 1. The van der Waals surface area contributed by atoms with Crippen LogP contribution in [0.15, 0.2) is 36.4 Å². The second-order valence-corrected chi connectivity index (χ2v) is 4.21. The Morgan fingerprint density at radius 3 is 2.94 bits per heavy atom. The van der Waals surface area contributed by atoms with Gasteiger partial charge in [-0.15, -0.1) is 0 Å². The quantitative estimate of drug-likeness (QED) is 0.744. The molecule has 2 N–H and O–H groups in total. The second-order valence-electron chi connectivity index (χ2n) is 4.21. The van der Waals surface area contributed by atoms with Crippen molar-refractivity contribution in [2.45, 2.75) is 18.9 Å². The molecule has 2 heteroatoms. The van der Waals surface area contributed by atoms with Crippen molar-refractivity contribution in [2.24, 2.45) is 0 Å². The smallest absolute Gasteiger partial charge is 0.106 e. The average molecular weight is 218 g/mol. The highest BCUT2D eigenvalue weighted by Crippen LogP contribution is 2.09. The Kier molecular flexibility index (Phi) is 4.59. The third-order valence-corrected chi connectivity index (χ3v) is 2.87. The van der Waals surface area contributed by atoms with Crippen molar-refractivity contribution in [1.29, 1.82) is 0 Å². The molecule has 0 bridgehead atoms. The van der Waals surface area contributed by atoms with Crippen molar-refractivity contribution in [3.63, 3.8) is 0 Å². The Balaban J connectivity index is 1.62. The van der Waals surface area contributed by atoms with E-state index in [1.54, 1.807) is 0 Å². The number of nitrogens with two attached hydrogens (primary N) is 1. The molecule has 1 saturated heterocycles. The van der Waals surface area contributed by atoms with Crippen LogP contribution in [0.25, 0.3) is 6.08 Å². The minimum atomic E-state index is 0.491. The summed E-state index contributed by atoms with van der Waals surface area (Å²) in [5.74, 6) is 0. The van der Waals surface area contributed by atoms with Crippen LogP contribution in [0.5, 0.6) is 0 Å². The fraction of sp³-hybridized carbons (Fsp3) is 0.429. The van der Waals surface area contributed by atoms with E-state index in [0.717, 1.165) is 19.7 Å². The molecule has 0 spiro atoms. The standard InChI is InChI=1S/C14H19NO/c1-2-6-13(7-3-1)8-4-10-15-12-14-9-5-11-16-14/h1-4,6-8,14-15H,5,9-12H2/p+1/b8-4+/t14-/m0/s1. The van der Waals surface area contributed by atoms with Gasteiger partial charge in [0.15, 0.2) is 0 Å². The Bertz CT molecular complexity index is 315. The number of hydrogen-bond donors (Lipinski definition) is 1. The molecule has 2 nitrogen and oxygen atoms in total. The summed E-state index contributed by atoms with van der Waals surface area (Å²) in [6.07, 6.45) is 7.35. The van der Waals surface area contributed by atoms with Gasteiger partial charge >= 0.3 is 0 Å². The van der Waals surface area contributed by atoms with Crippen LogP contribution < -0.4 is 5.32 Å². The molecule has 1 aliphatic heterocycles. The van der Waals surface area contributed by atoms with Gasteiger partial charge in [0.2, 0.25) is 0 Å². The molecule has 16 heavy (non-hydrogen) atoms. The number of benzene rings is 1. The molecule has 0 aliphatic carbocycles. The Morgan fingerprint density at radius 1 is 1.31 bits per heavy atom. The van der Waals surface area contributed by atoms with E-state index in [9.17, 15) is 0 Å². The molecule has 86 valence electrons. The van der Waals surface area contributed by atoms with Crippen molar-refractivity contribution < 1.29 is 10.1 Å². The molecule has 2 rings (SSSR count). The van der Waals surface area contributed by atoms with Crippen LogP contribution in [0.4, 0.5) is 0 Å². The highest BCUT2D eigenvalue weighted by Gasteiger charge is 2.15. The second kappa shape index (κ2) is 6.46. The van der Waals surface area contributed by atoms with E-state index in [0.29, 0.717) is 6.10 Å². The molecule has 1 aromatic rings. The van der Waals surface area contributed by atoms with Crippen molar-refractivity contribution in [3.8, 4) is 0 Å². The zero-order valence-electron chi connectivity index (χ0n) is 9.64. The predicted molar refractivity (Wildman–Crippen MR) is 66.1 cm³/mol. The normalized spacial score (nSPS) is 20.6. The first-order valence-corrected chi connectivity index (χ1v) is 6.10. The number of ether oxygens (including phenoxy) is 1. The maximum atomic E-state index is 5.56. The average Bonchev–Trinajstić information content (AvgIpc) is 2.83. The lowest BCUT2D eigenvalue weighted by molar-refractivity contribution is -0.652. The fourth-order valence-electron chi connectivity index (χ4n) is 1.98. The van der Waals surface area contributed by atoms with E-state index in [-0.39, 0.29) is 0 Å². The van der Waals surface area contributed by atoms with Crippen LogP contribution in [-0.2, 0) is 4.74 Å². The summed E-state index contributed by atoms with van der Waals surface area (Å²) in [5, 5.41) is 2.31. The summed E-state index contributed by atoms with van der Waals surface area (Å²) in [4.78, 5) is 0. The third-order valence-electron chi connectivity index (χ3n) is 2.87. The first-order valence-electron chi connectivity index (χ1n) is 6.10. The van der Waals surface area contributed by atoms with Gasteiger partial charge in [0.25, 0.3) is 0 Å². The van der Waals surface area contributed by atoms with Gasteiger partial charge in [-0.2, -0.15) is 0 Å².